The van der Waals surface area contributed by atoms with Gasteiger partial charge in [-0.05, 0) is 44.1 Å². The Hall–Kier alpha value is -2.11. The molecule has 1 nitrogen and oxygen atoms in total. The van der Waals surface area contributed by atoms with E-state index in [9.17, 15) is 4.39 Å². The van der Waals surface area contributed by atoms with Gasteiger partial charge >= 0.3 is 0 Å². The Morgan fingerprint density at radius 1 is 0.864 bits per heavy atom. The SMILES string of the molecule is Fc1ccccc1C(C#Cc1ccccc1)N1CCCCC1. The first-order chi connectivity index (χ1) is 10.8. The molecule has 0 amide bonds. The molecule has 1 saturated heterocycles. The smallest absolute Gasteiger partial charge is 0.128 e. The van der Waals surface area contributed by atoms with Crippen molar-refractivity contribution in [2.75, 3.05) is 13.1 Å². The fourth-order valence-corrected chi connectivity index (χ4v) is 2.91. The van der Waals surface area contributed by atoms with Crippen molar-refractivity contribution in [3.63, 3.8) is 0 Å². The minimum atomic E-state index is -0.166. The van der Waals surface area contributed by atoms with Gasteiger partial charge in [0.05, 0.1) is 0 Å². The Balaban J connectivity index is 1.93. The first kappa shape index (κ1) is 14.8. The predicted octanol–water partition coefficient (Wildman–Crippen LogP) is 4.40. The molecule has 0 aromatic heterocycles. The summed E-state index contributed by atoms with van der Waals surface area (Å²) in [6.45, 7) is 1.98. The van der Waals surface area contributed by atoms with Gasteiger partial charge < -0.3 is 0 Å². The maximum absolute atomic E-state index is 14.2. The minimum absolute atomic E-state index is 0.165. The number of halogens is 1. The Morgan fingerprint density at radius 2 is 1.55 bits per heavy atom. The zero-order chi connectivity index (χ0) is 15.2. The molecule has 22 heavy (non-hydrogen) atoms. The van der Waals surface area contributed by atoms with Crippen LogP contribution in [0.5, 0.6) is 0 Å². The maximum Gasteiger partial charge on any atom is 0.128 e. The number of nitrogens with zero attached hydrogens (tertiary/aromatic N) is 1. The molecule has 0 spiro atoms. The number of hydrogen-bond donors (Lipinski definition) is 0. The molecule has 1 aliphatic heterocycles. The standard InChI is InChI=1S/C20H20FN/c21-19-12-6-5-11-18(19)20(22-15-7-2-8-16-22)14-13-17-9-3-1-4-10-17/h1,3-6,9-12,20H,2,7-8,15-16H2. The highest BCUT2D eigenvalue weighted by atomic mass is 19.1. The Bertz CT molecular complexity index is 663. The highest BCUT2D eigenvalue weighted by Gasteiger charge is 2.22. The molecule has 0 bridgehead atoms. The summed E-state index contributed by atoms with van der Waals surface area (Å²) in [7, 11) is 0. The summed E-state index contributed by atoms with van der Waals surface area (Å²) < 4.78 is 14.2. The third-order valence-electron chi connectivity index (χ3n) is 4.08. The lowest BCUT2D eigenvalue weighted by molar-refractivity contribution is 0.194. The molecule has 3 rings (SSSR count). The third kappa shape index (κ3) is 3.55. The summed E-state index contributed by atoms with van der Waals surface area (Å²) >= 11 is 0. The van der Waals surface area contributed by atoms with Crippen molar-refractivity contribution in [1.82, 2.24) is 4.90 Å². The number of piperidine rings is 1. The summed E-state index contributed by atoms with van der Waals surface area (Å²) in [6.07, 6.45) is 3.59. The fraction of sp³-hybridized carbons (Fsp3) is 0.300. The van der Waals surface area contributed by atoms with Crippen molar-refractivity contribution >= 4 is 0 Å². The van der Waals surface area contributed by atoms with E-state index in [0.29, 0.717) is 5.56 Å². The van der Waals surface area contributed by atoms with Gasteiger partial charge in [-0.1, -0.05) is 54.7 Å². The van der Waals surface area contributed by atoms with Crippen molar-refractivity contribution in [3.05, 3.63) is 71.5 Å². The molecule has 0 radical (unpaired) electrons. The zero-order valence-corrected chi connectivity index (χ0v) is 12.6. The van der Waals surface area contributed by atoms with E-state index in [1.807, 2.05) is 42.5 Å². The van der Waals surface area contributed by atoms with Crippen LogP contribution >= 0.6 is 0 Å². The molecule has 2 aromatic carbocycles. The van der Waals surface area contributed by atoms with Gasteiger partial charge in [-0.15, -0.1) is 0 Å². The summed E-state index contributed by atoms with van der Waals surface area (Å²) in [6, 6.07) is 16.7. The van der Waals surface area contributed by atoms with Crippen LogP contribution in [-0.2, 0) is 0 Å². The Morgan fingerprint density at radius 3 is 2.27 bits per heavy atom. The second-order valence-corrected chi connectivity index (χ2v) is 5.66. The fourth-order valence-electron chi connectivity index (χ4n) is 2.91. The van der Waals surface area contributed by atoms with Gasteiger partial charge in [0.15, 0.2) is 0 Å². The van der Waals surface area contributed by atoms with E-state index in [2.05, 4.69) is 16.7 Å². The lowest BCUT2D eigenvalue weighted by Crippen LogP contribution is -2.33. The molecule has 1 aliphatic rings. The lowest BCUT2D eigenvalue weighted by atomic mass is 10.0. The van der Waals surface area contributed by atoms with Crippen LogP contribution in [0.15, 0.2) is 54.6 Å². The van der Waals surface area contributed by atoms with E-state index >= 15 is 0 Å². The molecule has 112 valence electrons. The van der Waals surface area contributed by atoms with Crippen LogP contribution in [0.4, 0.5) is 4.39 Å². The molecule has 2 heteroatoms. The third-order valence-corrected chi connectivity index (χ3v) is 4.08. The Labute approximate surface area is 131 Å². The van der Waals surface area contributed by atoms with E-state index in [0.717, 1.165) is 31.5 Å². The molecule has 2 aromatic rings. The van der Waals surface area contributed by atoms with Crippen LogP contribution < -0.4 is 0 Å². The van der Waals surface area contributed by atoms with Crippen LogP contribution in [0, 0.1) is 17.7 Å². The molecule has 1 unspecified atom stereocenters. The van der Waals surface area contributed by atoms with Crippen LogP contribution in [0.2, 0.25) is 0 Å². The molecule has 1 fully saturated rings. The van der Waals surface area contributed by atoms with Gasteiger partial charge in [-0.2, -0.15) is 0 Å². The summed E-state index contributed by atoms with van der Waals surface area (Å²) in [4.78, 5) is 2.30. The topological polar surface area (TPSA) is 3.24 Å². The molecule has 0 N–H and O–H groups in total. The van der Waals surface area contributed by atoms with Gasteiger partial charge in [-0.3, -0.25) is 4.90 Å². The van der Waals surface area contributed by atoms with E-state index < -0.39 is 0 Å². The quantitative estimate of drug-likeness (QED) is 0.742. The van der Waals surface area contributed by atoms with E-state index in [1.165, 1.54) is 12.5 Å². The second-order valence-electron chi connectivity index (χ2n) is 5.66. The maximum atomic E-state index is 14.2. The van der Waals surface area contributed by atoms with Crippen molar-refractivity contribution < 1.29 is 4.39 Å². The van der Waals surface area contributed by atoms with Gasteiger partial charge in [0, 0.05) is 11.1 Å². The first-order valence-corrected chi connectivity index (χ1v) is 7.90. The van der Waals surface area contributed by atoms with Crippen molar-refractivity contribution in [2.24, 2.45) is 0 Å². The normalized spacial score (nSPS) is 16.6. The van der Waals surface area contributed by atoms with Crippen LogP contribution in [-0.4, -0.2) is 18.0 Å². The van der Waals surface area contributed by atoms with Gasteiger partial charge in [0.2, 0.25) is 0 Å². The Kier molecular flexibility index (Phi) is 4.88. The molecule has 0 aliphatic carbocycles. The molecular formula is C20H20FN. The molecule has 1 atom stereocenters. The largest absolute Gasteiger partial charge is 0.286 e. The van der Waals surface area contributed by atoms with E-state index in [4.69, 9.17) is 0 Å². The molecule has 1 heterocycles. The zero-order valence-electron chi connectivity index (χ0n) is 12.6. The summed E-state index contributed by atoms with van der Waals surface area (Å²) in [5.41, 5.74) is 1.66. The number of rotatable bonds is 2. The first-order valence-electron chi connectivity index (χ1n) is 7.90. The average Bonchev–Trinajstić information content (AvgIpc) is 2.58. The van der Waals surface area contributed by atoms with Gasteiger partial charge in [0.25, 0.3) is 0 Å². The summed E-state index contributed by atoms with van der Waals surface area (Å²) in [5.74, 6) is 6.34. The van der Waals surface area contributed by atoms with Crippen molar-refractivity contribution in [1.29, 1.82) is 0 Å². The second kappa shape index (κ2) is 7.24. The predicted molar refractivity (Wildman–Crippen MR) is 87.9 cm³/mol. The van der Waals surface area contributed by atoms with E-state index in [1.54, 1.807) is 6.07 Å². The van der Waals surface area contributed by atoms with Crippen LogP contribution in [0.3, 0.4) is 0 Å². The monoisotopic (exact) mass is 293 g/mol. The number of benzene rings is 2. The highest BCUT2D eigenvalue weighted by Crippen LogP contribution is 2.26. The van der Waals surface area contributed by atoms with Crippen LogP contribution in [0.1, 0.15) is 36.4 Å². The molecule has 0 saturated carbocycles. The molecular weight excluding hydrogens is 273 g/mol. The number of hydrogen-bond acceptors (Lipinski definition) is 1. The highest BCUT2D eigenvalue weighted by molar-refractivity contribution is 5.38. The minimum Gasteiger partial charge on any atom is -0.286 e. The lowest BCUT2D eigenvalue weighted by Gasteiger charge is -2.32. The van der Waals surface area contributed by atoms with Crippen LogP contribution in [0.25, 0.3) is 0 Å². The van der Waals surface area contributed by atoms with Gasteiger partial charge in [0.1, 0.15) is 11.9 Å². The average molecular weight is 293 g/mol. The number of likely N-dealkylation sites (tertiary alicyclic amines) is 1. The van der Waals surface area contributed by atoms with Gasteiger partial charge in [-0.25, -0.2) is 4.39 Å². The van der Waals surface area contributed by atoms with E-state index in [-0.39, 0.29) is 11.9 Å². The van der Waals surface area contributed by atoms with Crippen molar-refractivity contribution in [2.45, 2.75) is 25.3 Å². The summed E-state index contributed by atoms with van der Waals surface area (Å²) in [5, 5.41) is 0. The van der Waals surface area contributed by atoms with Crippen molar-refractivity contribution in [3.8, 4) is 11.8 Å².